The van der Waals surface area contributed by atoms with Crippen molar-refractivity contribution in [1.82, 2.24) is 14.9 Å². The van der Waals surface area contributed by atoms with Crippen LogP contribution in [0.1, 0.15) is 48.2 Å². The van der Waals surface area contributed by atoms with E-state index in [4.69, 9.17) is 27.8 Å². The number of carbonyl (C=O) groups excluding carboxylic acids is 1. The van der Waals surface area contributed by atoms with Gasteiger partial charge in [0.25, 0.3) is 0 Å². The number of hydrogen-bond donors (Lipinski definition) is 3. The molecule has 2 aliphatic rings. The molecule has 3 heterocycles. The lowest BCUT2D eigenvalue weighted by Crippen LogP contribution is -2.58. The summed E-state index contributed by atoms with van der Waals surface area (Å²) < 4.78 is 45.0. The lowest BCUT2D eigenvalue weighted by molar-refractivity contribution is -0.142. The molecule has 33 heavy (non-hydrogen) atoms. The molecule has 2 atom stereocenters. The van der Waals surface area contributed by atoms with Gasteiger partial charge in [0.15, 0.2) is 0 Å². The summed E-state index contributed by atoms with van der Waals surface area (Å²) in [5.74, 6) is 0.0933. The Kier molecular flexibility index (Phi) is 6.14. The average molecular weight is 485 g/mol. The Balaban J connectivity index is 1.57. The molecule has 0 spiro atoms. The van der Waals surface area contributed by atoms with Crippen molar-refractivity contribution in [3.63, 3.8) is 0 Å². The molecular formula is C21H24ClF3N6O2. The maximum absolute atomic E-state index is 13.2. The summed E-state index contributed by atoms with van der Waals surface area (Å²) in [4.78, 5) is 23.1. The van der Waals surface area contributed by atoms with E-state index in [9.17, 15) is 18.0 Å². The summed E-state index contributed by atoms with van der Waals surface area (Å²) in [7, 11) is 0. The summed E-state index contributed by atoms with van der Waals surface area (Å²) >= 11 is 6.09. The van der Waals surface area contributed by atoms with Crippen molar-refractivity contribution in [2.75, 3.05) is 24.3 Å². The molecule has 1 unspecified atom stereocenters. The number of alkyl halides is 3. The quantitative estimate of drug-likeness (QED) is 0.450. The van der Waals surface area contributed by atoms with Gasteiger partial charge < -0.3 is 26.4 Å². The number of carbonyl (C=O) groups is 1. The first-order valence-corrected chi connectivity index (χ1v) is 10.8. The van der Waals surface area contributed by atoms with Gasteiger partial charge >= 0.3 is 6.18 Å². The van der Waals surface area contributed by atoms with Crippen LogP contribution in [0.15, 0.2) is 18.2 Å². The molecule has 1 aromatic heterocycles. The SMILES string of the molecule is C[C@@H](Nc1nc(Cl)nc2c1CN(C(=O)C1(N)CCCOC1)C2)c1cc(N)cc(C(F)(F)F)c1. The van der Waals surface area contributed by atoms with Crippen molar-refractivity contribution in [2.24, 2.45) is 5.73 Å². The number of hydrogen-bond acceptors (Lipinski definition) is 7. The van der Waals surface area contributed by atoms with Crippen LogP contribution in [0.4, 0.5) is 24.7 Å². The second-order valence-corrected chi connectivity index (χ2v) is 8.83. The highest BCUT2D eigenvalue weighted by atomic mass is 35.5. The fraction of sp³-hybridized carbons (Fsp3) is 0.476. The number of aromatic nitrogens is 2. The molecule has 1 aromatic carbocycles. The number of anilines is 2. The molecule has 2 aromatic rings. The second-order valence-electron chi connectivity index (χ2n) is 8.49. The predicted octanol–water partition coefficient (Wildman–Crippen LogP) is 3.25. The van der Waals surface area contributed by atoms with Crippen LogP contribution in [0, 0.1) is 0 Å². The van der Waals surface area contributed by atoms with Crippen molar-refractivity contribution in [3.8, 4) is 0 Å². The molecule has 4 rings (SSSR count). The molecule has 1 fully saturated rings. The van der Waals surface area contributed by atoms with E-state index >= 15 is 0 Å². The van der Waals surface area contributed by atoms with Gasteiger partial charge in [0.05, 0.1) is 37.0 Å². The van der Waals surface area contributed by atoms with Crippen LogP contribution in [0.3, 0.4) is 0 Å². The van der Waals surface area contributed by atoms with E-state index < -0.39 is 23.3 Å². The molecule has 1 amide bonds. The fourth-order valence-corrected chi connectivity index (χ4v) is 4.35. The summed E-state index contributed by atoms with van der Waals surface area (Å²) in [6, 6.07) is 2.81. The monoisotopic (exact) mass is 484 g/mol. The Bertz CT molecular complexity index is 1070. The normalized spacial score (nSPS) is 21.6. The first kappa shape index (κ1) is 23.5. The molecule has 0 radical (unpaired) electrons. The number of nitrogens with two attached hydrogens (primary N) is 2. The zero-order valence-electron chi connectivity index (χ0n) is 17.9. The molecule has 8 nitrogen and oxygen atoms in total. The minimum atomic E-state index is -4.52. The number of nitrogens with zero attached hydrogens (tertiary/aromatic N) is 3. The van der Waals surface area contributed by atoms with Gasteiger partial charge in [-0.05, 0) is 55.1 Å². The summed E-state index contributed by atoms with van der Waals surface area (Å²) in [5, 5.41) is 3.06. The van der Waals surface area contributed by atoms with E-state index in [2.05, 4.69) is 15.3 Å². The number of ether oxygens (including phenoxy) is 1. The Morgan fingerprint density at radius 2 is 2.06 bits per heavy atom. The Morgan fingerprint density at radius 1 is 1.30 bits per heavy atom. The van der Waals surface area contributed by atoms with Crippen LogP contribution in [0.2, 0.25) is 5.28 Å². The Labute approximate surface area is 193 Å². The molecule has 2 aliphatic heterocycles. The third-order valence-corrected chi connectivity index (χ3v) is 6.07. The van der Waals surface area contributed by atoms with Crippen molar-refractivity contribution < 1.29 is 22.7 Å². The van der Waals surface area contributed by atoms with E-state index in [0.717, 1.165) is 12.1 Å². The van der Waals surface area contributed by atoms with Crippen LogP contribution in [-0.4, -0.2) is 39.5 Å². The highest BCUT2D eigenvalue weighted by Crippen LogP contribution is 2.35. The average Bonchev–Trinajstić information content (AvgIpc) is 3.16. The van der Waals surface area contributed by atoms with E-state index in [0.29, 0.717) is 42.1 Å². The molecule has 5 N–H and O–H groups in total. The maximum Gasteiger partial charge on any atom is 0.416 e. The molecule has 1 saturated heterocycles. The van der Waals surface area contributed by atoms with Crippen molar-refractivity contribution >= 4 is 29.0 Å². The van der Waals surface area contributed by atoms with Crippen molar-refractivity contribution in [3.05, 3.63) is 45.9 Å². The third kappa shape index (κ3) is 4.85. The van der Waals surface area contributed by atoms with E-state index in [1.807, 2.05) is 0 Å². The maximum atomic E-state index is 13.2. The number of rotatable bonds is 4. The lowest BCUT2D eigenvalue weighted by atomic mass is 9.92. The van der Waals surface area contributed by atoms with Gasteiger partial charge in [-0.3, -0.25) is 4.79 Å². The predicted molar refractivity (Wildman–Crippen MR) is 116 cm³/mol. The first-order chi connectivity index (χ1) is 15.5. The van der Waals surface area contributed by atoms with Gasteiger partial charge in [-0.15, -0.1) is 0 Å². The van der Waals surface area contributed by atoms with Crippen LogP contribution < -0.4 is 16.8 Å². The highest BCUT2D eigenvalue weighted by molar-refractivity contribution is 6.28. The third-order valence-electron chi connectivity index (χ3n) is 5.90. The molecule has 0 bridgehead atoms. The van der Waals surface area contributed by atoms with Crippen LogP contribution >= 0.6 is 11.6 Å². The van der Waals surface area contributed by atoms with Gasteiger partial charge in [0, 0.05) is 17.9 Å². The number of nitrogens with one attached hydrogen (secondary N) is 1. The zero-order chi connectivity index (χ0) is 24.0. The van der Waals surface area contributed by atoms with Crippen LogP contribution in [0.5, 0.6) is 0 Å². The zero-order valence-corrected chi connectivity index (χ0v) is 18.6. The summed E-state index contributed by atoms with van der Waals surface area (Å²) in [6.07, 6.45) is -3.31. The van der Waals surface area contributed by atoms with Gasteiger partial charge in [0.2, 0.25) is 11.2 Å². The smallest absolute Gasteiger partial charge is 0.399 e. The molecule has 12 heteroatoms. The Morgan fingerprint density at radius 3 is 2.73 bits per heavy atom. The molecule has 0 saturated carbocycles. The van der Waals surface area contributed by atoms with Crippen LogP contribution in [0.25, 0.3) is 0 Å². The molecule has 0 aliphatic carbocycles. The number of benzene rings is 1. The van der Waals surface area contributed by atoms with Gasteiger partial charge in [-0.25, -0.2) is 9.97 Å². The standard InChI is InChI=1S/C21H24ClF3N6O2/c1-11(12-5-13(21(23,24)25)7-14(26)6-12)28-17-15-8-31(9-16(15)29-19(22)30-17)18(32)20(27)3-2-4-33-10-20/h5-7,11H,2-4,8-10,26-27H2,1H3,(H,28,29,30)/t11-,20?/m1/s1. The molecular weight excluding hydrogens is 461 g/mol. The number of fused-ring (bicyclic) bond motifs is 1. The van der Waals surface area contributed by atoms with Gasteiger partial charge in [-0.2, -0.15) is 13.2 Å². The summed E-state index contributed by atoms with van der Waals surface area (Å²) in [6.45, 7) is 2.80. The number of halogens is 4. The van der Waals surface area contributed by atoms with E-state index in [1.54, 1.807) is 11.8 Å². The largest absolute Gasteiger partial charge is 0.416 e. The summed E-state index contributed by atoms with van der Waals surface area (Å²) in [5.41, 5.74) is 11.6. The van der Waals surface area contributed by atoms with Crippen LogP contribution in [-0.2, 0) is 28.8 Å². The first-order valence-electron chi connectivity index (χ1n) is 10.4. The van der Waals surface area contributed by atoms with Crippen molar-refractivity contribution in [2.45, 2.75) is 50.6 Å². The second kappa shape index (κ2) is 8.62. The minimum absolute atomic E-state index is 0.000796. The Hall–Kier alpha value is -2.63. The minimum Gasteiger partial charge on any atom is -0.399 e. The topological polar surface area (TPSA) is 119 Å². The fourth-order valence-electron chi connectivity index (χ4n) is 4.17. The van der Waals surface area contributed by atoms with Gasteiger partial charge in [-0.1, -0.05) is 0 Å². The number of nitrogen functional groups attached to an aromatic ring is 1. The lowest BCUT2D eigenvalue weighted by Gasteiger charge is -2.34. The molecule has 178 valence electrons. The van der Waals surface area contributed by atoms with Gasteiger partial charge in [0.1, 0.15) is 11.4 Å². The van der Waals surface area contributed by atoms with E-state index in [-0.39, 0.29) is 36.6 Å². The van der Waals surface area contributed by atoms with E-state index in [1.165, 1.54) is 6.07 Å². The highest BCUT2D eigenvalue weighted by Gasteiger charge is 2.42. The number of amides is 1. The van der Waals surface area contributed by atoms with Crippen molar-refractivity contribution in [1.29, 1.82) is 0 Å².